The van der Waals surface area contributed by atoms with Crippen LogP contribution in [0.25, 0.3) is 22.7 Å². The molecule has 2 aromatic heterocycles. The lowest BCUT2D eigenvalue weighted by Crippen LogP contribution is -2.42. The van der Waals surface area contributed by atoms with Gasteiger partial charge in [-0.05, 0) is 68.2 Å². The van der Waals surface area contributed by atoms with Crippen molar-refractivity contribution in [1.82, 2.24) is 20.3 Å². The number of ether oxygens (including phenoxy) is 2. The van der Waals surface area contributed by atoms with E-state index in [-0.39, 0.29) is 48.9 Å². The zero-order valence-electron chi connectivity index (χ0n) is 22.7. The fourth-order valence-corrected chi connectivity index (χ4v) is 3.79. The van der Waals surface area contributed by atoms with Gasteiger partial charge in [0.2, 0.25) is 11.9 Å². The first kappa shape index (κ1) is 29.7. The second-order valence-electron chi connectivity index (χ2n) is 8.76. The highest BCUT2D eigenvalue weighted by Crippen LogP contribution is 2.20. The van der Waals surface area contributed by atoms with Crippen LogP contribution in [0, 0.1) is 0 Å². The highest BCUT2D eigenvalue weighted by atomic mass is 16.5. The van der Waals surface area contributed by atoms with E-state index in [9.17, 15) is 24.0 Å². The van der Waals surface area contributed by atoms with Crippen LogP contribution in [-0.2, 0) is 23.9 Å². The summed E-state index contributed by atoms with van der Waals surface area (Å²) in [4.78, 5) is 71.4. The number of benzene rings is 1. The van der Waals surface area contributed by atoms with Crippen molar-refractivity contribution in [2.45, 2.75) is 46.6 Å². The first-order valence-corrected chi connectivity index (χ1v) is 12.7. The lowest BCUT2D eigenvalue weighted by molar-refractivity contribution is -0.146. The average Bonchev–Trinajstić information content (AvgIpc) is 2.91. The Morgan fingerprint density at radius 3 is 2.35 bits per heavy atom. The lowest BCUT2D eigenvalue weighted by atomic mass is 10.0. The Labute approximate surface area is 230 Å². The van der Waals surface area contributed by atoms with E-state index in [4.69, 9.17) is 9.47 Å². The summed E-state index contributed by atoms with van der Waals surface area (Å²) in [6, 6.07) is 7.38. The third kappa shape index (κ3) is 8.06. The summed E-state index contributed by atoms with van der Waals surface area (Å²) < 4.78 is 9.93. The van der Waals surface area contributed by atoms with Gasteiger partial charge < -0.3 is 14.8 Å². The fraction of sp³-hybridized carbons (Fsp3) is 0.321. The van der Waals surface area contributed by atoms with Crippen LogP contribution in [0.15, 0.2) is 41.3 Å². The minimum absolute atomic E-state index is 0.0219. The van der Waals surface area contributed by atoms with E-state index in [1.807, 2.05) is 13.0 Å². The van der Waals surface area contributed by atoms with Crippen LogP contribution in [0.2, 0.25) is 0 Å². The van der Waals surface area contributed by atoms with Gasteiger partial charge in [0.05, 0.1) is 18.6 Å². The molecule has 0 aliphatic heterocycles. The van der Waals surface area contributed by atoms with Gasteiger partial charge in [0.1, 0.15) is 6.04 Å². The van der Waals surface area contributed by atoms with Gasteiger partial charge in [-0.25, -0.2) is 9.78 Å². The van der Waals surface area contributed by atoms with Crippen LogP contribution in [0.5, 0.6) is 0 Å². The van der Waals surface area contributed by atoms with Crippen LogP contribution >= 0.6 is 0 Å². The Morgan fingerprint density at radius 1 is 1.02 bits per heavy atom. The van der Waals surface area contributed by atoms with E-state index in [0.29, 0.717) is 11.1 Å². The number of pyridine rings is 1. The van der Waals surface area contributed by atoms with Crippen molar-refractivity contribution in [2.75, 3.05) is 18.5 Å². The number of hydrogen-bond donors (Lipinski definition) is 3. The quantitative estimate of drug-likeness (QED) is 0.304. The van der Waals surface area contributed by atoms with Gasteiger partial charge in [0, 0.05) is 25.1 Å². The number of anilines is 1. The molecule has 0 aliphatic rings. The monoisotopic (exact) mass is 549 g/mol. The molecule has 12 nitrogen and oxygen atoms in total. The number of allylic oxidation sites excluding steroid dienone is 1. The van der Waals surface area contributed by atoms with Crippen molar-refractivity contribution in [3.63, 3.8) is 0 Å². The van der Waals surface area contributed by atoms with Gasteiger partial charge in [0.15, 0.2) is 5.65 Å². The molecule has 0 radical (unpaired) electrons. The Morgan fingerprint density at radius 2 is 1.70 bits per heavy atom. The van der Waals surface area contributed by atoms with Crippen molar-refractivity contribution < 1.29 is 28.7 Å². The number of esters is 2. The number of aromatic nitrogens is 3. The van der Waals surface area contributed by atoms with Crippen molar-refractivity contribution >= 4 is 52.4 Å². The second kappa shape index (κ2) is 13.8. The predicted molar refractivity (Wildman–Crippen MR) is 148 cm³/mol. The number of amides is 2. The molecule has 1 atom stereocenters. The van der Waals surface area contributed by atoms with Crippen molar-refractivity contribution in [2.24, 2.45) is 0 Å². The van der Waals surface area contributed by atoms with Gasteiger partial charge in [0.25, 0.3) is 11.5 Å². The molecular formula is C28H31N5O7. The molecule has 0 unspecified atom stereocenters. The fourth-order valence-electron chi connectivity index (χ4n) is 3.79. The largest absolute Gasteiger partial charge is 0.466 e. The molecule has 12 heteroatoms. The van der Waals surface area contributed by atoms with E-state index in [1.54, 1.807) is 50.4 Å². The van der Waals surface area contributed by atoms with E-state index in [1.165, 1.54) is 6.92 Å². The molecule has 0 aliphatic carbocycles. The molecule has 2 amide bonds. The number of carbonyl (C=O) groups excluding carboxylic acids is 4. The number of fused-ring (bicyclic) bond motifs is 1. The van der Waals surface area contributed by atoms with Gasteiger partial charge in [-0.2, -0.15) is 4.98 Å². The third-order valence-corrected chi connectivity index (χ3v) is 5.68. The summed E-state index contributed by atoms with van der Waals surface area (Å²) in [5, 5.41) is 5.33. The predicted octanol–water partition coefficient (Wildman–Crippen LogP) is 2.84. The second-order valence-corrected chi connectivity index (χ2v) is 8.76. The molecule has 2 heterocycles. The Hall–Kier alpha value is -4.87. The SMILES string of the molecule is CCOC(=O)CC[C@H](NC(=O)c1ccc(C(C)=Cc2cnc3nc(NC(C)=O)[nH]c(=O)c3c2)cc1)C(=O)OCC. The normalized spacial score (nSPS) is 11.9. The first-order chi connectivity index (χ1) is 19.1. The van der Waals surface area contributed by atoms with Gasteiger partial charge in [-0.1, -0.05) is 12.1 Å². The molecule has 0 saturated heterocycles. The van der Waals surface area contributed by atoms with Crippen molar-refractivity contribution in [1.29, 1.82) is 0 Å². The maximum atomic E-state index is 12.8. The maximum absolute atomic E-state index is 12.8. The van der Waals surface area contributed by atoms with Gasteiger partial charge in [-0.3, -0.25) is 29.5 Å². The van der Waals surface area contributed by atoms with Gasteiger partial charge in [-0.15, -0.1) is 0 Å². The summed E-state index contributed by atoms with van der Waals surface area (Å²) >= 11 is 0. The molecular weight excluding hydrogens is 518 g/mol. The molecule has 3 rings (SSSR count). The number of nitrogens with zero attached hydrogens (tertiary/aromatic N) is 2. The molecule has 3 N–H and O–H groups in total. The lowest BCUT2D eigenvalue weighted by Gasteiger charge is -2.17. The van der Waals surface area contributed by atoms with Crippen LogP contribution in [0.1, 0.15) is 62.0 Å². The number of aromatic amines is 1. The molecule has 0 spiro atoms. The van der Waals surface area contributed by atoms with E-state index in [2.05, 4.69) is 25.6 Å². The molecule has 0 saturated carbocycles. The maximum Gasteiger partial charge on any atom is 0.328 e. The van der Waals surface area contributed by atoms with Crippen molar-refractivity contribution in [3.05, 3.63) is 63.6 Å². The van der Waals surface area contributed by atoms with Crippen LogP contribution in [-0.4, -0.2) is 58.0 Å². The van der Waals surface area contributed by atoms with E-state index in [0.717, 1.165) is 11.1 Å². The summed E-state index contributed by atoms with van der Waals surface area (Å²) in [6.45, 7) is 6.88. The highest BCUT2D eigenvalue weighted by Gasteiger charge is 2.24. The molecule has 1 aromatic carbocycles. The summed E-state index contributed by atoms with van der Waals surface area (Å²) in [7, 11) is 0. The first-order valence-electron chi connectivity index (χ1n) is 12.7. The smallest absolute Gasteiger partial charge is 0.328 e. The zero-order chi connectivity index (χ0) is 29.2. The minimum atomic E-state index is -0.995. The Bertz CT molecular complexity index is 1500. The molecule has 40 heavy (non-hydrogen) atoms. The van der Waals surface area contributed by atoms with E-state index < -0.39 is 29.4 Å². The molecule has 210 valence electrons. The molecule has 0 fully saturated rings. The number of carbonyl (C=O) groups is 4. The Balaban J connectivity index is 1.74. The Kier molecular flexibility index (Phi) is 10.2. The van der Waals surface area contributed by atoms with Crippen LogP contribution in [0.4, 0.5) is 5.95 Å². The summed E-state index contributed by atoms with van der Waals surface area (Å²) in [6.07, 6.45) is 3.40. The van der Waals surface area contributed by atoms with Crippen LogP contribution < -0.4 is 16.2 Å². The molecule has 0 bridgehead atoms. The summed E-state index contributed by atoms with van der Waals surface area (Å²) in [5.74, 6) is -1.92. The van der Waals surface area contributed by atoms with E-state index >= 15 is 0 Å². The third-order valence-electron chi connectivity index (χ3n) is 5.68. The number of H-pyrrole nitrogens is 1. The minimum Gasteiger partial charge on any atom is -0.466 e. The standard InChI is InChI=1S/C28H31N5O7/c1-5-39-23(35)12-11-22(27(38)40-6-2)31-25(36)20-9-7-19(8-10-20)16(3)13-18-14-21-24(29-15-18)32-28(30-17(4)34)33-26(21)37/h7-10,13-15,22H,5-6,11-12H2,1-4H3,(H,31,36)(H2,29,30,32,33,34,37)/t22-/m0/s1. The zero-order valence-corrected chi connectivity index (χ0v) is 22.7. The number of nitrogens with one attached hydrogen (secondary N) is 3. The van der Waals surface area contributed by atoms with Crippen molar-refractivity contribution in [3.8, 4) is 0 Å². The van der Waals surface area contributed by atoms with Gasteiger partial charge >= 0.3 is 11.9 Å². The topological polar surface area (TPSA) is 169 Å². The van der Waals surface area contributed by atoms with Crippen LogP contribution in [0.3, 0.4) is 0 Å². The average molecular weight is 550 g/mol. The number of rotatable bonds is 11. The highest BCUT2D eigenvalue weighted by molar-refractivity contribution is 5.97. The summed E-state index contributed by atoms with van der Waals surface area (Å²) in [5.41, 5.74) is 2.39. The molecule has 3 aromatic rings. The number of hydrogen-bond acceptors (Lipinski definition) is 9.